The zero-order valence-electron chi connectivity index (χ0n) is 16.2. The van der Waals surface area contributed by atoms with Gasteiger partial charge in [0, 0.05) is 5.56 Å². The molecule has 0 aliphatic rings. The molecule has 0 radical (unpaired) electrons. The Bertz CT molecular complexity index is 986. The Balaban J connectivity index is 1.57. The van der Waals surface area contributed by atoms with E-state index in [2.05, 4.69) is 10.5 Å². The summed E-state index contributed by atoms with van der Waals surface area (Å²) in [5.74, 6) is 0.462. The van der Waals surface area contributed by atoms with Crippen molar-refractivity contribution in [3.63, 3.8) is 0 Å². The summed E-state index contributed by atoms with van der Waals surface area (Å²) in [6, 6.07) is 22.5. The van der Waals surface area contributed by atoms with Gasteiger partial charge in [0.15, 0.2) is 17.6 Å². The Morgan fingerprint density at radius 2 is 1.69 bits per heavy atom. The molecule has 1 atom stereocenters. The molecule has 0 saturated carbocycles. The highest BCUT2D eigenvalue weighted by molar-refractivity contribution is 5.87. The Labute approximate surface area is 169 Å². The monoisotopic (exact) mass is 390 g/mol. The summed E-state index contributed by atoms with van der Waals surface area (Å²) in [7, 11) is 1.46. The summed E-state index contributed by atoms with van der Waals surface area (Å²) in [5, 5.41) is 13.9. The maximum Gasteiger partial charge on any atom is 0.280 e. The van der Waals surface area contributed by atoms with Crippen LogP contribution in [0.5, 0.6) is 17.2 Å². The van der Waals surface area contributed by atoms with Crippen LogP contribution in [0.2, 0.25) is 0 Å². The molecule has 3 rings (SSSR count). The number of nitrogens with zero attached hydrogens (tertiary/aromatic N) is 1. The van der Waals surface area contributed by atoms with Gasteiger partial charge in [-0.25, -0.2) is 5.43 Å². The number of phenolic OH excluding ortho intramolecular Hbond substituents is 1. The lowest BCUT2D eigenvalue weighted by atomic mass is 10.1. The number of rotatable bonds is 7. The van der Waals surface area contributed by atoms with Gasteiger partial charge in [-0.05, 0) is 42.3 Å². The molecule has 29 heavy (non-hydrogen) atoms. The summed E-state index contributed by atoms with van der Waals surface area (Å²) in [6.07, 6.45) is 0.602. The highest BCUT2D eigenvalue weighted by Gasteiger charge is 2.14. The number of aromatic hydroxyl groups is 1. The SMILES string of the molecule is COc1cccc(/C=N\NC(=O)[C@H](C)Oc2ccc(-c3ccccc3)cc2)c1O. The molecule has 0 heterocycles. The maximum absolute atomic E-state index is 12.2. The third-order valence-electron chi connectivity index (χ3n) is 4.27. The Kier molecular flexibility index (Phi) is 6.47. The van der Waals surface area contributed by atoms with Crippen molar-refractivity contribution in [1.29, 1.82) is 0 Å². The van der Waals surface area contributed by atoms with Crippen LogP contribution in [0, 0.1) is 0 Å². The average Bonchev–Trinajstić information content (AvgIpc) is 2.76. The first-order valence-corrected chi connectivity index (χ1v) is 9.09. The zero-order valence-corrected chi connectivity index (χ0v) is 16.2. The summed E-state index contributed by atoms with van der Waals surface area (Å²) in [5.41, 5.74) is 5.01. The van der Waals surface area contributed by atoms with E-state index in [4.69, 9.17) is 9.47 Å². The molecule has 0 aliphatic carbocycles. The topological polar surface area (TPSA) is 80.2 Å². The largest absolute Gasteiger partial charge is 0.504 e. The second kappa shape index (κ2) is 9.41. The van der Waals surface area contributed by atoms with Gasteiger partial charge in [-0.15, -0.1) is 0 Å². The molecule has 1 amide bonds. The van der Waals surface area contributed by atoms with Crippen molar-refractivity contribution in [2.24, 2.45) is 5.10 Å². The van der Waals surface area contributed by atoms with Crippen LogP contribution in [-0.2, 0) is 4.79 Å². The molecule has 0 unspecified atom stereocenters. The molecular formula is C23H22N2O4. The first kappa shape index (κ1) is 19.9. The van der Waals surface area contributed by atoms with Gasteiger partial charge in [0.25, 0.3) is 5.91 Å². The molecule has 0 aromatic heterocycles. The Morgan fingerprint density at radius 3 is 2.38 bits per heavy atom. The van der Waals surface area contributed by atoms with Gasteiger partial charge in [-0.1, -0.05) is 48.5 Å². The lowest BCUT2D eigenvalue weighted by molar-refractivity contribution is -0.127. The summed E-state index contributed by atoms with van der Waals surface area (Å²) < 4.78 is 10.7. The fourth-order valence-electron chi connectivity index (χ4n) is 2.68. The van der Waals surface area contributed by atoms with Crippen LogP contribution in [0.4, 0.5) is 0 Å². The van der Waals surface area contributed by atoms with E-state index in [1.807, 2.05) is 54.6 Å². The third kappa shape index (κ3) is 5.13. The van der Waals surface area contributed by atoms with Crippen molar-refractivity contribution in [3.05, 3.63) is 78.4 Å². The first-order valence-electron chi connectivity index (χ1n) is 9.09. The quantitative estimate of drug-likeness (QED) is 0.472. The van der Waals surface area contributed by atoms with Gasteiger partial charge in [0.2, 0.25) is 0 Å². The second-order valence-electron chi connectivity index (χ2n) is 6.28. The van der Waals surface area contributed by atoms with Gasteiger partial charge in [-0.3, -0.25) is 4.79 Å². The van der Waals surface area contributed by atoms with Crippen molar-refractivity contribution < 1.29 is 19.4 Å². The predicted octanol–water partition coefficient (Wildman–Crippen LogP) is 3.99. The minimum absolute atomic E-state index is 0.0456. The molecule has 0 fully saturated rings. The second-order valence-corrected chi connectivity index (χ2v) is 6.28. The van der Waals surface area contributed by atoms with Gasteiger partial charge in [0.1, 0.15) is 5.75 Å². The van der Waals surface area contributed by atoms with Gasteiger partial charge < -0.3 is 14.6 Å². The predicted molar refractivity (Wildman–Crippen MR) is 112 cm³/mol. The van der Waals surface area contributed by atoms with E-state index >= 15 is 0 Å². The highest BCUT2D eigenvalue weighted by atomic mass is 16.5. The lowest BCUT2D eigenvalue weighted by Gasteiger charge is -2.13. The smallest absolute Gasteiger partial charge is 0.280 e. The lowest BCUT2D eigenvalue weighted by Crippen LogP contribution is -2.33. The van der Waals surface area contributed by atoms with E-state index in [1.54, 1.807) is 25.1 Å². The number of nitrogens with one attached hydrogen (secondary N) is 1. The molecule has 0 spiro atoms. The van der Waals surface area contributed by atoms with E-state index in [0.717, 1.165) is 11.1 Å². The molecular weight excluding hydrogens is 368 g/mol. The van der Waals surface area contributed by atoms with Crippen molar-refractivity contribution in [2.45, 2.75) is 13.0 Å². The number of benzene rings is 3. The molecule has 3 aromatic carbocycles. The van der Waals surface area contributed by atoms with Crippen molar-refractivity contribution >= 4 is 12.1 Å². The van der Waals surface area contributed by atoms with Crippen LogP contribution >= 0.6 is 0 Å². The fraction of sp³-hybridized carbons (Fsp3) is 0.130. The highest BCUT2D eigenvalue weighted by Crippen LogP contribution is 2.28. The minimum atomic E-state index is -0.742. The molecule has 0 bridgehead atoms. The van der Waals surface area contributed by atoms with Crippen molar-refractivity contribution in [3.8, 4) is 28.4 Å². The van der Waals surface area contributed by atoms with Crippen LogP contribution in [-0.4, -0.2) is 30.4 Å². The summed E-state index contributed by atoms with van der Waals surface area (Å²) in [4.78, 5) is 12.2. The van der Waals surface area contributed by atoms with Crippen LogP contribution < -0.4 is 14.9 Å². The van der Waals surface area contributed by atoms with E-state index in [1.165, 1.54) is 13.3 Å². The molecule has 0 aliphatic heterocycles. The Hall–Kier alpha value is -3.80. The number of carbonyl (C=O) groups excluding carboxylic acids is 1. The van der Waals surface area contributed by atoms with E-state index in [9.17, 15) is 9.90 Å². The minimum Gasteiger partial charge on any atom is -0.504 e. The average molecular weight is 390 g/mol. The molecule has 0 saturated heterocycles. The van der Waals surface area contributed by atoms with Crippen LogP contribution in [0.15, 0.2) is 77.9 Å². The number of ether oxygens (including phenoxy) is 2. The molecule has 2 N–H and O–H groups in total. The number of hydrazone groups is 1. The molecule has 3 aromatic rings. The van der Waals surface area contributed by atoms with Crippen molar-refractivity contribution in [2.75, 3.05) is 7.11 Å². The number of hydrogen-bond donors (Lipinski definition) is 2. The number of amides is 1. The van der Waals surface area contributed by atoms with E-state index in [-0.39, 0.29) is 5.75 Å². The summed E-state index contributed by atoms with van der Waals surface area (Å²) >= 11 is 0. The normalized spacial score (nSPS) is 11.8. The van der Waals surface area contributed by atoms with Crippen LogP contribution in [0.3, 0.4) is 0 Å². The molecule has 6 nitrogen and oxygen atoms in total. The van der Waals surface area contributed by atoms with Crippen LogP contribution in [0.25, 0.3) is 11.1 Å². The Morgan fingerprint density at radius 1 is 1.00 bits per heavy atom. The number of hydrogen-bond acceptors (Lipinski definition) is 5. The fourth-order valence-corrected chi connectivity index (χ4v) is 2.68. The zero-order chi connectivity index (χ0) is 20.6. The summed E-state index contributed by atoms with van der Waals surface area (Å²) in [6.45, 7) is 1.64. The standard InChI is InChI=1S/C23H22N2O4/c1-16(23(27)25-24-15-19-9-6-10-21(28-2)22(19)26)29-20-13-11-18(12-14-20)17-7-4-3-5-8-17/h3-16,26H,1-2H3,(H,25,27)/b24-15-/t16-/m0/s1. The number of phenols is 1. The molecule has 6 heteroatoms. The van der Waals surface area contributed by atoms with Gasteiger partial charge >= 0.3 is 0 Å². The maximum atomic E-state index is 12.2. The number of methoxy groups -OCH3 is 1. The van der Waals surface area contributed by atoms with E-state index < -0.39 is 12.0 Å². The number of para-hydroxylation sites is 1. The van der Waals surface area contributed by atoms with E-state index in [0.29, 0.717) is 17.1 Å². The number of carbonyl (C=O) groups is 1. The molecule has 148 valence electrons. The first-order chi connectivity index (χ1) is 14.1. The van der Waals surface area contributed by atoms with Crippen molar-refractivity contribution in [1.82, 2.24) is 5.43 Å². The van der Waals surface area contributed by atoms with Crippen LogP contribution in [0.1, 0.15) is 12.5 Å². The van der Waals surface area contributed by atoms with Gasteiger partial charge in [-0.2, -0.15) is 5.10 Å². The third-order valence-corrected chi connectivity index (χ3v) is 4.27. The van der Waals surface area contributed by atoms with Gasteiger partial charge in [0.05, 0.1) is 13.3 Å².